The average Bonchev–Trinajstić information content (AvgIpc) is 2.54. The first-order valence-corrected chi connectivity index (χ1v) is 7.15. The summed E-state index contributed by atoms with van der Waals surface area (Å²) in [5.74, 6) is 1.27. The van der Waals surface area contributed by atoms with Gasteiger partial charge in [0.1, 0.15) is 5.00 Å². The van der Waals surface area contributed by atoms with Crippen LogP contribution >= 0.6 is 23.3 Å². The smallest absolute Gasteiger partial charge is 0.153 e. The number of nitrogens with zero attached hydrogens (tertiary/aromatic N) is 1. The first-order chi connectivity index (χ1) is 7.10. The van der Waals surface area contributed by atoms with E-state index >= 15 is 0 Å². The van der Waals surface area contributed by atoms with Crippen LogP contribution in [0.4, 0.5) is 10.8 Å². The quantitative estimate of drug-likeness (QED) is 0.782. The van der Waals surface area contributed by atoms with Gasteiger partial charge < -0.3 is 11.1 Å². The van der Waals surface area contributed by atoms with Crippen LogP contribution in [-0.4, -0.2) is 16.7 Å². The van der Waals surface area contributed by atoms with E-state index in [0.717, 1.165) is 16.3 Å². The average molecular weight is 245 g/mol. The third-order valence-corrected chi connectivity index (χ3v) is 4.18. The highest BCUT2D eigenvalue weighted by Gasteiger charge is 2.16. The Balaban J connectivity index is 2.78. The second kappa shape index (κ2) is 5.61. The molecular formula is C10H19N3S2. The molecule has 0 aliphatic heterocycles. The molecule has 0 fully saturated rings. The van der Waals surface area contributed by atoms with Crippen molar-refractivity contribution in [3.63, 3.8) is 0 Å². The summed E-state index contributed by atoms with van der Waals surface area (Å²) in [5.41, 5.74) is 5.78. The van der Waals surface area contributed by atoms with E-state index in [0.29, 0.717) is 17.8 Å². The molecule has 0 aliphatic rings. The Kier molecular flexibility index (Phi) is 4.73. The van der Waals surface area contributed by atoms with E-state index in [1.54, 1.807) is 11.8 Å². The fraction of sp³-hybridized carbons (Fsp3) is 0.700. The zero-order valence-electron chi connectivity index (χ0n) is 9.70. The van der Waals surface area contributed by atoms with Gasteiger partial charge in [0, 0.05) is 6.04 Å². The summed E-state index contributed by atoms with van der Waals surface area (Å²) in [6.45, 7) is 6.65. The van der Waals surface area contributed by atoms with Gasteiger partial charge in [0.15, 0.2) is 5.82 Å². The molecule has 0 bridgehead atoms. The molecule has 1 aromatic rings. The monoisotopic (exact) mass is 245 g/mol. The summed E-state index contributed by atoms with van der Waals surface area (Å²) in [4.78, 5) is 1.08. The fourth-order valence-electron chi connectivity index (χ4n) is 1.49. The number of rotatable bonds is 5. The lowest BCUT2D eigenvalue weighted by atomic mass is 10.0. The number of aromatic nitrogens is 1. The van der Waals surface area contributed by atoms with E-state index in [1.165, 1.54) is 11.5 Å². The number of hydrogen-bond donors (Lipinski definition) is 2. The lowest BCUT2D eigenvalue weighted by molar-refractivity contribution is 0.511. The molecule has 0 saturated heterocycles. The molecule has 0 aliphatic carbocycles. The second-order valence-electron chi connectivity index (χ2n) is 3.83. The highest BCUT2D eigenvalue weighted by Crippen LogP contribution is 2.35. The van der Waals surface area contributed by atoms with Crippen molar-refractivity contribution in [3.8, 4) is 0 Å². The zero-order valence-corrected chi connectivity index (χ0v) is 11.3. The SMILES string of the molecule is CCC(Nc1snc(N)c1SC)C(C)C. The first-order valence-electron chi connectivity index (χ1n) is 5.15. The minimum absolute atomic E-state index is 0.496. The third-order valence-electron chi connectivity index (χ3n) is 2.44. The van der Waals surface area contributed by atoms with Crippen molar-refractivity contribution >= 4 is 34.1 Å². The summed E-state index contributed by atoms with van der Waals surface area (Å²) in [7, 11) is 0. The van der Waals surface area contributed by atoms with Crippen molar-refractivity contribution in [2.24, 2.45) is 5.92 Å². The Morgan fingerprint density at radius 1 is 1.53 bits per heavy atom. The molecule has 5 heteroatoms. The van der Waals surface area contributed by atoms with Gasteiger partial charge in [-0.3, -0.25) is 0 Å². The van der Waals surface area contributed by atoms with Crippen molar-refractivity contribution in [1.82, 2.24) is 4.37 Å². The van der Waals surface area contributed by atoms with Crippen molar-refractivity contribution < 1.29 is 0 Å². The van der Waals surface area contributed by atoms with Gasteiger partial charge in [-0.15, -0.1) is 11.8 Å². The lowest BCUT2D eigenvalue weighted by Gasteiger charge is -2.21. The van der Waals surface area contributed by atoms with Gasteiger partial charge in [0.2, 0.25) is 0 Å². The predicted molar refractivity (Wildman–Crippen MR) is 70.8 cm³/mol. The van der Waals surface area contributed by atoms with Crippen LogP contribution < -0.4 is 11.1 Å². The number of anilines is 2. The second-order valence-corrected chi connectivity index (χ2v) is 5.42. The molecule has 0 saturated carbocycles. The maximum atomic E-state index is 5.78. The standard InChI is InChI=1S/C10H19N3S2/c1-5-7(6(2)3)12-10-8(14-4)9(11)13-15-10/h6-7,12H,5H2,1-4H3,(H2,11,13). The summed E-state index contributed by atoms with van der Waals surface area (Å²) in [6.07, 6.45) is 3.14. The number of nitrogens with one attached hydrogen (secondary N) is 1. The molecule has 0 spiro atoms. The molecule has 1 atom stereocenters. The molecule has 3 nitrogen and oxygen atoms in total. The zero-order chi connectivity index (χ0) is 11.4. The van der Waals surface area contributed by atoms with Crippen molar-refractivity contribution in [2.75, 3.05) is 17.3 Å². The lowest BCUT2D eigenvalue weighted by Crippen LogP contribution is -2.24. The van der Waals surface area contributed by atoms with E-state index in [2.05, 4.69) is 30.5 Å². The van der Waals surface area contributed by atoms with Crippen LogP contribution in [0.25, 0.3) is 0 Å². The van der Waals surface area contributed by atoms with Crippen LogP contribution in [0.15, 0.2) is 4.90 Å². The predicted octanol–water partition coefficient (Wildman–Crippen LogP) is 3.29. The van der Waals surface area contributed by atoms with E-state index in [9.17, 15) is 0 Å². The van der Waals surface area contributed by atoms with Gasteiger partial charge in [-0.25, -0.2) is 0 Å². The Morgan fingerprint density at radius 3 is 2.67 bits per heavy atom. The van der Waals surface area contributed by atoms with Gasteiger partial charge in [-0.1, -0.05) is 20.8 Å². The van der Waals surface area contributed by atoms with E-state index in [1.807, 2.05) is 6.26 Å². The topological polar surface area (TPSA) is 50.9 Å². The van der Waals surface area contributed by atoms with Crippen molar-refractivity contribution in [1.29, 1.82) is 0 Å². The molecule has 1 rings (SSSR count). The summed E-state index contributed by atoms with van der Waals surface area (Å²) < 4.78 is 4.17. The highest BCUT2D eigenvalue weighted by molar-refractivity contribution is 7.99. The third kappa shape index (κ3) is 3.01. The maximum absolute atomic E-state index is 5.78. The fourth-order valence-corrected chi connectivity index (χ4v) is 3.08. The van der Waals surface area contributed by atoms with Gasteiger partial charge in [0.25, 0.3) is 0 Å². The molecule has 1 aromatic heterocycles. The molecule has 0 amide bonds. The maximum Gasteiger partial charge on any atom is 0.153 e. The normalized spacial score (nSPS) is 13.1. The van der Waals surface area contributed by atoms with Crippen LogP contribution in [0.3, 0.4) is 0 Å². The number of nitrogen functional groups attached to an aromatic ring is 1. The molecule has 86 valence electrons. The van der Waals surface area contributed by atoms with Crippen molar-refractivity contribution in [2.45, 2.75) is 38.1 Å². The Bertz CT molecular complexity index is 310. The van der Waals surface area contributed by atoms with Crippen molar-refractivity contribution in [3.05, 3.63) is 0 Å². The highest BCUT2D eigenvalue weighted by atomic mass is 32.2. The Labute approximate surface area is 100.0 Å². The summed E-state index contributed by atoms with van der Waals surface area (Å²) >= 11 is 3.11. The van der Waals surface area contributed by atoms with Crippen LogP contribution in [0.2, 0.25) is 0 Å². The number of nitrogens with two attached hydrogens (primary N) is 1. The van der Waals surface area contributed by atoms with Crippen LogP contribution in [0, 0.1) is 5.92 Å². The van der Waals surface area contributed by atoms with E-state index in [-0.39, 0.29) is 0 Å². The van der Waals surface area contributed by atoms with Crippen LogP contribution in [-0.2, 0) is 0 Å². The van der Waals surface area contributed by atoms with Crippen LogP contribution in [0.1, 0.15) is 27.2 Å². The molecule has 0 aromatic carbocycles. The molecule has 3 N–H and O–H groups in total. The minimum Gasteiger partial charge on any atom is -0.382 e. The molecule has 15 heavy (non-hydrogen) atoms. The Morgan fingerprint density at radius 2 is 2.20 bits per heavy atom. The van der Waals surface area contributed by atoms with Crippen LogP contribution in [0.5, 0.6) is 0 Å². The van der Waals surface area contributed by atoms with Gasteiger partial charge in [0.05, 0.1) is 4.90 Å². The van der Waals surface area contributed by atoms with Gasteiger partial charge in [-0.05, 0) is 30.1 Å². The number of thioether (sulfide) groups is 1. The molecule has 1 unspecified atom stereocenters. The van der Waals surface area contributed by atoms with Gasteiger partial charge >= 0.3 is 0 Å². The Hall–Kier alpha value is -0.420. The van der Waals surface area contributed by atoms with E-state index in [4.69, 9.17) is 5.73 Å². The largest absolute Gasteiger partial charge is 0.382 e. The molecule has 0 radical (unpaired) electrons. The number of hydrogen-bond acceptors (Lipinski definition) is 5. The molecule has 1 heterocycles. The first kappa shape index (κ1) is 12.6. The van der Waals surface area contributed by atoms with E-state index < -0.39 is 0 Å². The minimum atomic E-state index is 0.496. The summed E-state index contributed by atoms with van der Waals surface area (Å²) in [6, 6.07) is 0.496. The van der Waals surface area contributed by atoms with Gasteiger partial charge in [-0.2, -0.15) is 4.37 Å². The molecular weight excluding hydrogens is 226 g/mol. The summed E-state index contributed by atoms with van der Waals surface area (Å²) in [5, 5.41) is 4.64.